The first-order chi connectivity index (χ1) is 9.32. The molecule has 0 amide bonds. The molecule has 0 spiro atoms. The zero-order valence-electron chi connectivity index (χ0n) is 11.6. The maximum atomic E-state index is 11.4. The lowest BCUT2D eigenvalue weighted by atomic mass is 9.83. The third kappa shape index (κ3) is 2.74. The summed E-state index contributed by atoms with van der Waals surface area (Å²) in [5, 5.41) is 20.5. The molecule has 1 heterocycles. The van der Waals surface area contributed by atoms with Crippen LogP contribution in [0.4, 0.5) is 11.4 Å². The van der Waals surface area contributed by atoms with Crippen LogP contribution in [-0.4, -0.2) is 29.1 Å². The van der Waals surface area contributed by atoms with Gasteiger partial charge in [-0.15, -0.1) is 0 Å². The first-order valence-electron chi connectivity index (χ1n) is 6.57. The first kappa shape index (κ1) is 14.3. The summed E-state index contributed by atoms with van der Waals surface area (Å²) in [6, 6.07) is 4.20. The van der Waals surface area contributed by atoms with Gasteiger partial charge in [0.1, 0.15) is 5.69 Å². The Morgan fingerprint density at radius 2 is 2.15 bits per heavy atom. The van der Waals surface area contributed by atoms with Crippen LogP contribution in [0.25, 0.3) is 0 Å². The van der Waals surface area contributed by atoms with Gasteiger partial charge in [0.25, 0.3) is 5.69 Å². The molecule has 0 aromatic heterocycles. The first-order valence-corrected chi connectivity index (χ1v) is 6.57. The molecule has 0 unspecified atom stereocenters. The predicted molar refractivity (Wildman–Crippen MR) is 75.3 cm³/mol. The van der Waals surface area contributed by atoms with Crippen LogP contribution in [0.3, 0.4) is 0 Å². The van der Waals surface area contributed by atoms with Crippen LogP contribution >= 0.6 is 0 Å². The second-order valence-corrected chi connectivity index (χ2v) is 5.92. The molecule has 6 nitrogen and oxygen atoms in total. The van der Waals surface area contributed by atoms with E-state index in [4.69, 9.17) is 0 Å². The van der Waals surface area contributed by atoms with Crippen LogP contribution in [0.15, 0.2) is 18.2 Å². The van der Waals surface area contributed by atoms with Gasteiger partial charge < -0.3 is 10.0 Å². The average molecular weight is 278 g/mol. The second kappa shape index (κ2) is 5.11. The quantitative estimate of drug-likeness (QED) is 0.678. The number of nitro groups is 1. The number of nitro benzene ring substituents is 1. The fourth-order valence-electron chi connectivity index (χ4n) is 2.80. The lowest BCUT2D eigenvalue weighted by molar-refractivity contribution is -0.384. The van der Waals surface area contributed by atoms with Crippen molar-refractivity contribution in [2.75, 3.05) is 18.0 Å². The molecular formula is C14H18N2O4. The van der Waals surface area contributed by atoms with Gasteiger partial charge in [0.05, 0.1) is 10.5 Å². The van der Waals surface area contributed by atoms with Crippen molar-refractivity contribution >= 4 is 17.3 Å². The number of carboxylic acids is 1. The number of piperidine rings is 1. The Labute approximate surface area is 117 Å². The van der Waals surface area contributed by atoms with Crippen LogP contribution in [0, 0.1) is 15.5 Å². The van der Waals surface area contributed by atoms with E-state index in [9.17, 15) is 20.0 Å². The molecule has 108 valence electrons. The Kier molecular flexibility index (Phi) is 3.65. The molecule has 6 heteroatoms. The van der Waals surface area contributed by atoms with Crippen molar-refractivity contribution in [1.82, 2.24) is 0 Å². The molecular weight excluding hydrogens is 260 g/mol. The molecule has 0 saturated carbocycles. The third-order valence-corrected chi connectivity index (χ3v) is 3.66. The van der Waals surface area contributed by atoms with Gasteiger partial charge in [0.15, 0.2) is 0 Å². The highest BCUT2D eigenvalue weighted by molar-refractivity contribution is 5.97. The second-order valence-electron chi connectivity index (χ2n) is 5.92. The van der Waals surface area contributed by atoms with E-state index in [1.165, 1.54) is 18.2 Å². The molecule has 1 aromatic carbocycles. The minimum absolute atomic E-state index is 0.00287. The lowest BCUT2D eigenvalue weighted by Crippen LogP contribution is -2.41. The van der Waals surface area contributed by atoms with E-state index in [1.807, 2.05) is 4.90 Å². The van der Waals surface area contributed by atoms with Crippen LogP contribution in [0.5, 0.6) is 0 Å². The molecule has 0 aliphatic carbocycles. The Bertz CT molecular complexity index is 522. The molecule has 20 heavy (non-hydrogen) atoms. The Hall–Kier alpha value is -2.11. The highest BCUT2D eigenvalue weighted by Crippen LogP contribution is 2.38. The number of rotatable bonds is 3. The summed E-state index contributed by atoms with van der Waals surface area (Å²) in [7, 11) is 0. The van der Waals surface area contributed by atoms with Crippen molar-refractivity contribution < 1.29 is 14.8 Å². The summed E-state index contributed by atoms with van der Waals surface area (Å²) in [6.45, 7) is 5.45. The standard InChI is InChI=1S/C14H18N2O4/c1-14(2)7-4-8-15(9-14)12-10(13(17)18)5-3-6-11(12)16(19)20/h3,5-6H,4,7-9H2,1-2H3,(H,17,18). The molecule has 1 aliphatic rings. The molecule has 1 aromatic rings. The zero-order chi connectivity index (χ0) is 14.9. The smallest absolute Gasteiger partial charge is 0.338 e. The van der Waals surface area contributed by atoms with Crippen LogP contribution in [0.2, 0.25) is 0 Å². The van der Waals surface area contributed by atoms with E-state index < -0.39 is 10.9 Å². The van der Waals surface area contributed by atoms with Crippen molar-refractivity contribution in [2.24, 2.45) is 5.41 Å². The van der Waals surface area contributed by atoms with Gasteiger partial charge in [0.2, 0.25) is 0 Å². The van der Waals surface area contributed by atoms with Gasteiger partial charge in [-0.25, -0.2) is 4.79 Å². The van der Waals surface area contributed by atoms with Gasteiger partial charge in [-0.1, -0.05) is 19.9 Å². The zero-order valence-corrected chi connectivity index (χ0v) is 11.6. The van der Waals surface area contributed by atoms with Crippen molar-refractivity contribution in [1.29, 1.82) is 0 Å². The SMILES string of the molecule is CC1(C)CCCN(c2c(C(=O)O)cccc2[N+](=O)[O-])C1. The number of hydrogen-bond acceptors (Lipinski definition) is 4. The maximum Gasteiger partial charge on any atom is 0.338 e. The van der Waals surface area contributed by atoms with Crippen LogP contribution in [0.1, 0.15) is 37.0 Å². The fourth-order valence-corrected chi connectivity index (χ4v) is 2.80. The number of carbonyl (C=O) groups is 1. The van der Waals surface area contributed by atoms with Crippen LogP contribution < -0.4 is 4.90 Å². The van der Waals surface area contributed by atoms with Gasteiger partial charge in [-0.3, -0.25) is 10.1 Å². The topological polar surface area (TPSA) is 83.7 Å². The molecule has 1 aliphatic heterocycles. The fraction of sp³-hybridized carbons (Fsp3) is 0.500. The van der Waals surface area contributed by atoms with Gasteiger partial charge in [0, 0.05) is 19.2 Å². The Balaban J connectivity index is 2.53. The highest BCUT2D eigenvalue weighted by Gasteiger charge is 2.32. The van der Waals surface area contributed by atoms with Crippen molar-refractivity contribution in [2.45, 2.75) is 26.7 Å². The number of para-hydroxylation sites is 1. The minimum Gasteiger partial charge on any atom is -0.478 e. The van der Waals surface area contributed by atoms with E-state index in [-0.39, 0.29) is 22.4 Å². The van der Waals surface area contributed by atoms with E-state index in [1.54, 1.807) is 0 Å². The minimum atomic E-state index is -1.13. The van der Waals surface area contributed by atoms with Gasteiger partial charge >= 0.3 is 5.97 Å². The van der Waals surface area contributed by atoms with Crippen molar-refractivity contribution in [3.05, 3.63) is 33.9 Å². The monoisotopic (exact) mass is 278 g/mol. The molecule has 1 saturated heterocycles. The number of aromatic carboxylic acids is 1. The molecule has 1 fully saturated rings. The van der Waals surface area contributed by atoms with Crippen molar-refractivity contribution in [3.63, 3.8) is 0 Å². The Morgan fingerprint density at radius 1 is 1.45 bits per heavy atom. The molecule has 0 atom stereocenters. The molecule has 0 radical (unpaired) electrons. The summed E-state index contributed by atoms with van der Waals surface area (Å²) >= 11 is 0. The summed E-state index contributed by atoms with van der Waals surface area (Å²) in [6.07, 6.45) is 1.94. The van der Waals surface area contributed by atoms with E-state index in [0.717, 1.165) is 12.8 Å². The van der Waals surface area contributed by atoms with E-state index in [2.05, 4.69) is 13.8 Å². The van der Waals surface area contributed by atoms with Crippen LogP contribution in [-0.2, 0) is 0 Å². The average Bonchev–Trinajstić information content (AvgIpc) is 2.36. The maximum absolute atomic E-state index is 11.4. The number of carboxylic acid groups (broad SMARTS) is 1. The van der Waals surface area contributed by atoms with Gasteiger partial charge in [-0.2, -0.15) is 0 Å². The largest absolute Gasteiger partial charge is 0.478 e. The van der Waals surface area contributed by atoms with E-state index >= 15 is 0 Å². The normalized spacial score (nSPS) is 17.8. The number of hydrogen-bond donors (Lipinski definition) is 1. The summed E-state index contributed by atoms with van der Waals surface area (Å²) < 4.78 is 0. The van der Waals surface area contributed by atoms with Crippen molar-refractivity contribution in [3.8, 4) is 0 Å². The third-order valence-electron chi connectivity index (χ3n) is 3.66. The summed E-state index contributed by atoms with van der Waals surface area (Å²) in [5.41, 5.74) is 0.120. The van der Waals surface area contributed by atoms with Gasteiger partial charge in [-0.05, 0) is 24.3 Å². The predicted octanol–water partition coefficient (Wildman–Crippen LogP) is 2.92. The molecule has 1 N–H and O–H groups in total. The molecule has 2 rings (SSSR count). The summed E-state index contributed by atoms with van der Waals surface area (Å²) in [5.74, 6) is -1.13. The Morgan fingerprint density at radius 3 is 2.70 bits per heavy atom. The number of anilines is 1. The lowest BCUT2D eigenvalue weighted by Gasteiger charge is -2.39. The number of nitrogens with zero attached hydrogens (tertiary/aromatic N) is 2. The van der Waals surface area contributed by atoms with E-state index in [0.29, 0.717) is 13.1 Å². The number of benzene rings is 1. The highest BCUT2D eigenvalue weighted by atomic mass is 16.6. The summed E-state index contributed by atoms with van der Waals surface area (Å²) in [4.78, 5) is 23.9. The molecule has 0 bridgehead atoms.